The lowest BCUT2D eigenvalue weighted by atomic mass is 9.78. The van der Waals surface area contributed by atoms with Crippen molar-refractivity contribution >= 4 is 10.8 Å². The third kappa shape index (κ3) is 2.80. The fraction of sp³-hybridized carbons (Fsp3) is 0.545. The summed E-state index contributed by atoms with van der Waals surface area (Å²) in [7, 11) is 0. The lowest BCUT2D eigenvalue weighted by molar-refractivity contribution is 0.396. The Morgan fingerprint density at radius 2 is 1.74 bits per heavy atom. The van der Waals surface area contributed by atoms with Crippen molar-refractivity contribution in [1.82, 2.24) is 0 Å². The first kappa shape index (κ1) is 15.2. The summed E-state index contributed by atoms with van der Waals surface area (Å²) in [6, 6.07) is 10.2. The Morgan fingerprint density at radius 1 is 0.957 bits per heavy atom. The molecule has 2 N–H and O–H groups in total. The van der Waals surface area contributed by atoms with Crippen molar-refractivity contribution < 1.29 is 0 Å². The van der Waals surface area contributed by atoms with Crippen molar-refractivity contribution in [3.05, 3.63) is 46.5 Å². The second-order valence-electron chi connectivity index (χ2n) is 8.10. The molecule has 2 aliphatic carbocycles. The van der Waals surface area contributed by atoms with Crippen LogP contribution in [-0.4, -0.2) is 6.04 Å². The first-order valence-corrected chi connectivity index (χ1v) is 9.42. The van der Waals surface area contributed by atoms with Crippen LogP contribution in [0, 0.1) is 12.8 Å². The van der Waals surface area contributed by atoms with E-state index in [0.717, 1.165) is 11.8 Å². The van der Waals surface area contributed by atoms with Crippen LogP contribution in [0.2, 0.25) is 0 Å². The molecule has 0 aliphatic heterocycles. The molecule has 23 heavy (non-hydrogen) atoms. The fourth-order valence-electron chi connectivity index (χ4n) is 4.80. The molecule has 0 amide bonds. The summed E-state index contributed by atoms with van der Waals surface area (Å²) in [4.78, 5) is 0. The molecule has 2 aromatic rings. The summed E-state index contributed by atoms with van der Waals surface area (Å²) in [6.45, 7) is 4.68. The smallest absolute Gasteiger partial charge is 0.00392 e. The van der Waals surface area contributed by atoms with Crippen LogP contribution in [-0.2, 0) is 12.8 Å². The molecule has 1 nitrogen and oxygen atoms in total. The van der Waals surface area contributed by atoms with Crippen molar-refractivity contribution in [2.45, 2.75) is 70.8 Å². The van der Waals surface area contributed by atoms with Gasteiger partial charge in [-0.05, 0) is 96.7 Å². The molecular formula is C22H29N. The van der Waals surface area contributed by atoms with Crippen molar-refractivity contribution in [1.29, 1.82) is 0 Å². The highest BCUT2D eigenvalue weighted by atomic mass is 14.6. The van der Waals surface area contributed by atoms with Gasteiger partial charge in [-0.1, -0.05) is 31.2 Å². The van der Waals surface area contributed by atoms with Crippen molar-refractivity contribution in [3.8, 4) is 0 Å². The first-order chi connectivity index (χ1) is 11.1. The standard InChI is InChI=1S/C22H29N/c1-14-3-9-20-18(11-14)12-15(2)22-13-17(6-10-21(20)22)16-4-7-19(23)8-5-16/h6,10,12-14,16,19H,3-5,7-9,11,23H2,1-2H3. The van der Waals surface area contributed by atoms with Gasteiger partial charge in [-0.3, -0.25) is 0 Å². The van der Waals surface area contributed by atoms with Crippen LogP contribution < -0.4 is 5.73 Å². The minimum absolute atomic E-state index is 0.433. The highest BCUT2D eigenvalue weighted by molar-refractivity contribution is 5.90. The average molecular weight is 307 g/mol. The third-order valence-electron chi connectivity index (χ3n) is 6.27. The van der Waals surface area contributed by atoms with Crippen LogP contribution >= 0.6 is 0 Å². The molecule has 4 rings (SSSR count). The molecule has 1 unspecified atom stereocenters. The summed E-state index contributed by atoms with van der Waals surface area (Å²) in [5.74, 6) is 1.56. The lowest BCUT2D eigenvalue weighted by Gasteiger charge is -2.28. The Balaban J connectivity index is 1.75. The van der Waals surface area contributed by atoms with Gasteiger partial charge in [-0.15, -0.1) is 0 Å². The molecule has 122 valence electrons. The number of hydrogen-bond donors (Lipinski definition) is 1. The van der Waals surface area contributed by atoms with E-state index < -0.39 is 0 Å². The Morgan fingerprint density at radius 3 is 2.52 bits per heavy atom. The quantitative estimate of drug-likeness (QED) is 0.764. The molecule has 0 spiro atoms. The van der Waals surface area contributed by atoms with E-state index in [0.29, 0.717) is 6.04 Å². The molecule has 2 aliphatic rings. The molecule has 0 saturated heterocycles. The van der Waals surface area contributed by atoms with E-state index in [1.807, 2.05) is 0 Å². The number of fused-ring (bicyclic) bond motifs is 3. The molecular weight excluding hydrogens is 278 g/mol. The van der Waals surface area contributed by atoms with Gasteiger partial charge < -0.3 is 5.73 Å². The van der Waals surface area contributed by atoms with Gasteiger partial charge >= 0.3 is 0 Å². The number of nitrogens with two attached hydrogens (primary N) is 1. The van der Waals surface area contributed by atoms with Crippen molar-refractivity contribution in [2.75, 3.05) is 0 Å². The molecule has 1 fully saturated rings. The second kappa shape index (κ2) is 5.94. The molecule has 0 bridgehead atoms. The van der Waals surface area contributed by atoms with Gasteiger partial charge in [-0.25, -0.2) is 0 Å². The SMILES string of the molecule is Cc1cc2c(c3ccc(C4CCC(N)CC4)cc13)CCC(C)C2. The summed E-state index contributed by atoms with van der Waals surface area (Å²) in [5.41, 5.74) is 12.3. The minimum Gasteiger partial charge on any atom is -0.328 e. The summed E-state index contributed by atoms with van der Waals surface area (Å²) < 4.78 is 0. The van der Waals surface area contributed by atoms with Gasteiger partial charge in [0.05, 0.1) is 0 Å². The topological polar surface area (TPSA) is 26.0 Å². The molecule has 1 heteroatoms. The van der Waals surface area contributed by atoms with Crippen molar-refractivity contribution in [2.24, 2.45) is 11.7 Å². The Hall–Kier alpha value is -1.34. The largest absolute Gasteiger partial charge is 0.328 e. The maximum atomic E-state index is 6.08. The van der Waals surface area contributed by atoms with Crippen molar-refractivity contribution in [3.63, 3.8) is 0 Å². The average Bonchev–Trinajstić information content (AvgIpc) is 2.55. The molecule has 0 aromatic heterocycles. The van der Waals surface area contributed by atoms with E-state index in [1.54, 1.807) is 11.1 Å². The molecule has 0 radical (unpaired) electrons. The summed E-state index contributed by atoms with van der Waals surface area (Å²) in [6.07, 6.45) is 8.74. The zero-order valence-electron chi connectivity index (χ0n) is 14.6. The number of hydrogen-bond acceptors (Lipinski definition) is 1. The van der Waals surface area contributed by atoms with Gasteiger partial charge in [0.2, 0.25) is 0 Å². The maximum absolute atomic E-state index is 6.08. The van der Waals surface area contributed by atoms with Gasteiger partial charge in [0, 0.05) is 6.04 Å². The highest BCUT2D eigenvalue weighted by Crippen LogP contribution is 2.37. The third-order valence-corrected chi connectivity index (χ3v) is 6.27. The summed E-state index contributed by atoms with van der Waals surface area (Å²) >= 11 is 0. The van der Waals surface area contributed by atoms with E-state index in [2.05, 4.69) is 38.1 Å². The molecule has 1 atom stereocenters. The Labute approximate surface area is 140 Å². The molecule has 0 heterocycles. The van der Waals surface area contributed by atoms with Crippen LogP contribution in [0.25, 0.3) is 10.8 Å². The normalized spacial score (nSPS) is 27.9. The van der Waals surface area contributed by atoms with E-state index in [4.69, 9.17) is 5.73 Å². The van der Waals surface area contributed by atoms with Gasteiger partial charge in [0.25, 0.3) is 0 Å². The van der Waals surface area contributed by atoms with Gasteiger partial charge in [0.1, 0.15) is 0 Å². The van der Waals surface area contributed by atoms with Crippen LogP contribution in [0.4, 0.5) is 0 Å². The van der Waals surface area contributed by atoms with E-state index in [-0.39, 0.29) is 0 Å². The minimum atomic E-state index is 0.433. The predicted molar refractivity (Wildman–Crippen MR) is 99.1 cm³/mol. The zero-order chi connectivity index (χ0) is 16.0. The van der Waals surface area contributed by atoms with Gasteiger partial charge in [0.15, 0.2) is 0 Å². The van der Waals surface area contributed by atoms with E-state index in [1.165, 1.54) is 66.8 Å². The second-order valence-corrected chi connectivity index (χ2v) is 8.10. The lowest BCUT2D eigenvalue weighted by Crippen LogP contribution is -2.25. The summed E-state index contributed by atoms with van der Waals surface area (Å²) in [5, 5.41) is 3.01. The Kier molecular flexibility index (Phi) is 3.93. The number of aryl methyl sites for hydroxylation is 2. The zero-order valence-corrected chi connectivity index (χ0v) is 14.6. The monoisotopic (exact) mass is 307 g/mol. The van der Waals surface area contributed by atoms with Crippen LogP contribution in [0.15, 0.2) is 24.3 Å². The van der Waals surface area contributed by atoms with E-state index >= 15 is 0 Å². The molecule has 2 aromatic carbocycles. The highest BCUT2D eigenvalue weighted by Gasteiger charge is 2.22. The maximum Gasteiger partial charge on any atom is 0.00392 e. The fourth-order valence-corrected chi connectivity index (χ4v) is 4.80. The van der Waals surface area contributed by atoms with Crippen LogP contribution in [0.3, 0.4) is 0 Å². The number of benzene rings is 2. The van der Waals surface area contributed by atoms with Gasteiger partial charge in [-0.2, -0.15) is 0 Å². The number of rotatable bonds is 1. The first-order valence-electron chi connectivity index (χ1n) is 9.42. The molecule has 1 saturated carbocycles. The van der Waals surface area contributed by atoms with Crippen LogP contribution in [0.1, 0.15) is 67.2 Å². The van der Waals surface area contributed by atoms with E-state index in [9.17, 15) is 0 Å². The predicted octanol–water partition coefficient (Wildman–Crippen LogP) is 5.26. The van der Waals surface area contributed by atoms with Crippen LogP contribution in [0.5, 0.6) is 0 Å². The Bertz CT molecular complexity index is 722.